The average molecular weight is 403 g/mol. The molecule has 0 aliphatic carbocycles. The van der Waals surface area contributed by atoms with E-state index >= 15 is 0 Å². The average Bonchev–Trinajstić information content (AvgIpc) is 3.16. The van der Waals surface area contributed by atoms with Gasteiger partial charge < -0.3 is 9.64 Å². The van der Waals surface area contributed by atoms with Gasteiger partial charge in [-0.15, -0.1) is 0 Å². The van der Waals surface area contributed by atoms with E-state index in [4.69, 9.17) is 4.74 Å². The Balaban J connectivity index is 1.68. The van der Waals surface area contributed by atoms with Crippen LogP contribution in [-0.2, 0) is 17.8 Å². The van der Waals surface area contributed by atoms with Crippen molar-refractivity contribution in [1.29, 1.82) is 0 Å². The third-order valence-electron chi connectivity index (χ3n) is 4.70. The van der Waals surface area contributed by atoms with Crippen molar-refractivity contribution < 1.29 is 9.53 Å². The number of ether oxygens (including phenoxy) is 1. The molecule has 0 spiro atoms. The Labute approximate surface area is 172 Å². The lowest BCUT2D eigenvalue weighted by atomic mass is 10.1. The highest BCUT2D eigenvalue weighted by atomic mass is 16.5. The molecular weight excluding hydrogens is 382 g/mol. The fraction of sp³-hybridized carbons (Fsp3) is 0.182. The third-order valence-corrected chi connectivity index (χ3v) is 4.70. The molecule has 0 radical (unpaired) electrons. The number of aryl methyl sites for hydroxylation is 1. The molecule has 4 aromatic rings. The zero-order valence-electron chi connectivity index (χ0n) is 16.7. The van der Waals surface area contributed by atoms with Gasteiger partial charge in [0.1, 0.15) is 11.6 Å². The van der Waals surface area contributed by atoms with Crippen LogP contribution in [0.5, 0.6) is 5.75 Å². The van der Waals surface area contributed by atoms with Crippen LogP contribution >= 0.6 is 0 Å². The van der Waals surface area contributed by atoms with Crippen LogP contribution in [0.1, 0.15) is 17.1 Å². The summed E-state index contributed by atoms with van der Waals surface area (Å²) in [7, 11) is 1.59. The summed E-state index contributed by atoms with van der Waals surface area (Å²) in [4.78, 5) is 35.6. The second-order valence-corrected chi connectivity index (χ2v) is 6.88. The fourth-order valence-corrected chi connectivity index (χ4v) is 3.21. The molecule has 2 aromatic heterocycles. The molecule has 0 bridgehead atoms. The molecule has 0 atom stereocenters. The highest BCUT2D eigenvalue weighted by Gasteiger charge is 2.19. The van der Waals surface area contributed by atoms with Crippen molar-refractivity contribution in [1.82, 2.24) is 19.6 Å². The number of hydrogen-bond donors (Lipinski definition) is 1. The van der Waals surface area contributed by atoms with Gasteiger partial charge in [-0.1, -0.05) is 30.3 Å². The Kier molecular flexibility index (Phi) is 5.30. The Hall–Kier alpha value is -3.94. The van der Waals surface area contributed by atoms with Crippen LogP contribution in [0.15, 0.2) is 65.5 Å². The number of aromatic nitrogens is 4. The first-order valence-electron chi connectivity index (χ1n) is 9.47. The first-order chi connectivity index (χ1) is 14.5. The smallest absolute Gasteiger partial charge is 0.274 e. The van der Waals surface area contributed by atoms with Gasteiger partial charge in [0.15, 0.2) is 0 Å². The fourth-order valence-electron chi connectivity index (χ4n) is 3.21. The maximum atomic E-state index is 13.2. The number of amides is 1. The Morgan fingerprint density at radius 3 is 2.53 bits per heavy atom. The molecule has 8 heteroatoms. The lowest BCUT2D eigenvalue weighted by molar-refractivity contribution is -0.118. The summed E-state index contributed by atoms with van der Waals surface area (Å²) >= 11 is 0. The number of fused-ring (bicyclic) bond motifs is 1. The summed E-state index contributed by atoms with van der Waals surface area (Å²) in [5.74, 6) is 1.34. The number of methoxy groups -OCH3 is 1. The molecule has 4 rings (SSSR count). The molecule has 1 N–H and O–H groups in total. The minimum absolute atomic E-state index is 0.0942. The summed E-state index contributed by atoms with van der Waals surface area (Å²) in [5, 5.41) is 2.94. The Morgan fingerprint density at radius 1 is 1.10 bits per heavy atom. The predicted molar refractivity (Wildman–Crippen MR) is 113 cm³/mol. The number of aromatic amines is 1. The van der Waals surface area contributed by atoms with Gasteiger partial charge in [-0.25, -0.2) is 4.98 Å². The van der Waals surface area contributed by atoms with Crippen molar-refractivity contribution in [2.24, 2.45) is 0 Å². The number of anilines is 1. The van der Waals surface area contributed by atoms with E-state index in [9.17, 15) is 9.59 Å². The van der Waals surface area contributed by atoms with Crippen LogP contribution in [0.25, 0.3) is 5.78 Å². The monoisotopic (exact) mass is 403 g/mol. The number of hydrogen-bond acceptors (Lipinski definition) is 5. The number of nitrogens with zero attached hydrogens (tertiary/aromatic N) is 4. The maximum Gasteiger partial charge on any atom is 0.274 e. The minimum atomic E-state index is -0.247. The lowest BCUT2D eigenvalue weighted by Gasteiger charge is -2.22. The molecule has 0 fully saturated rings. The van der Waals surface area contributed by atoms with Gasteiger partial charge in [0.05, 0.1) is 20.1 Å². The number of H-pyrrole nitrogens is 1. The normalized spacial score (nSPS) is 10.9. The van der Waals surface area contributed by atoms with E-state index in [0.29, 0.717) is 23.0 Å². The van der Waals surface area contributed by atoms with Crippen LogP contribution < -0.4 is 15.2 Å². The van der Waals surface area contributed by atoms with Crippen molar-refractivity contribution in [2.75, 3.05) is 12.0 Å². The largest absolute Gasteiger partial charge is 0.497 e. The number of rotatable bonds is 6. The molecule has 8 nitrogen and oxygen atoms in total. The van der Waals surface area contributed by atoms with Crippen molar-refractivity contribution in [2.45, 2.75) is 19.9 Å². The van der Waals surface area contributed by atoms with Crippen molar-refractivity contribution in [3.8, 4) is 5.75 Å². The van der Waals surface area contributed by atoms with Crippen molar-refractivity contribution >= 4 is 17.4 Å². The van der Waals surface area contributed by atoms with Crippen LogP contribution in [-0.4, -0.2) is 32.6 Å². The Bertz CT molecular complexity index is 1230. The summed E-state index contributed by atoms with van der Waals surface area (Å²) in [5.41, 5.74) is 1.96. The van der Waals surface area contributed by atoms with Gasteiger partial charge in [-0.2, -0.15) is 9.50 Å². The van der Waals surface area contributed by atoms with Crippen molar-refractivity contribution in [3.05, 3.63) is 88.1 Å². The van der Waals surface area contributed by atoms with Gasteiger partial charge in [0.25, 0.3) is 11.3 Å². The van der Waals surface area contributed by atoms with E-state index in [2.05, 4.69) is 15.1 Å². The molecule has 2 heterocycles. The van der Waals surface area contributed by atoms with E-state index in [1.165, 1.54) is 10.6 Å². The van der Waals surface area contributed by atoms with Crippen LogP contribution in [0, 0.1) is 6.92 Å². The minimum Gasteiger partial charge on any atom is -0.497 e. The van der Waals surface area contributed by atoms with E-state index in [0.717, 1.165) is 5.56 Å². The number of carbonyl (C=O) groups is 1. The molecule has 1 amide bonds. The Morgan fingerprint density at radius 2 is 1.83 bits per heavy atom. The topological polar surface area (TPSA) is 92.6 Å². The second kappa shape index (κ2) is 8.20. The van der Waals surface area contributed by atoms with Gasteiger partial charge in [-0.05, 0) is 36.8 Å². The molecule has 0 aliphatic rings. The molecule has 0 unspecified atom stereocenters. The highest BCUT2D eigenvalue weighted by Crippen LogP contribution is 2.22. The SMILES string of the molecule is COc1ccc(N(Cc2nc3nc(C)cc(=O)n3[nH]2)C(=O)Cc2ccccc2)cc1. The van der Waals surface area contributed by atoms with E-state index < -0.39 is 0 Å². The molecule has 2 aromatic carbocycles. The summed E-state index contributed by atoms with van der Waals surface area (Å²) in [6, 6.07) is 18.2. The number of carbonyl (C=O) groups excluding carboxylic acids is 1. The zero-order valence-corrected chi connectivity index (χ0v) is 16.7. The summed E-state index contributed by atoms with van der Waals surface area (Å²) in [6.45, 7) is 1.91. The van der Waals surface area contributed by atoms with E-state index in [1.807, 2.05) is 42.5 Å². The molecule has 152 valence electrons. The van der Waals surface area contributed by atoms with Crippen molar-refractivity contribution in [3.63, 3.8) is 0 Å². The third kappa shape index (κ3) is 4.07. The highest BCUT2D eigenvalue weighted by molar-refractivity contribution is 5.94. The second-order valence-electron chi connectivity index (χ2n) is 6.88. The van der Waals surface area contributed by atoms with Crippen LogP contribution in [0.4, 0.5) is 5.69 Å². The van der Waals surface area contributed by atoms with Gasteiger partial charge in [-0.3, -0.25) is 14.7 Å². The molecule has 0 saturated carbocycles. The maximum absolute atomic E-state index is 13.2. The van der Waals surface area contributed by atoms with Gasteiger partial charge in [0, 0.05) is 17.4 Å². The molecular formula is C22H21N5O3. The first kappa shape index (κ1) is 19.4. The lowest BCUT2D eigenvalue weighted by Crippen LogP contribution is -2.32. The first-order valence-corrected chi connectivity index (χ1v) is 9.47. The van der Waals surface area contributed by atoms with Crippen LogP contribution in [0.2, 0.25) is 0 Å². The molecule has 30 heavy (non-hydrogen) atoms. The number of benzene rings is 2. The summed E-state index contributed by atoms with van der Waals surface area (Å²) in [6.07, 6.45) is 0.240. The zero-order chi connectivity index (χ0) is 21.1. The predicted octanol–water partition coefficient (Wildman–Crippen LogP) is 2.51. The standard InChI is InChI=1S/C22H21N5O3/c1-15-12-21(29)27-22(23-15)24-19(25-27)14-26(17-8-10-18(30-2)11-9-17)20(28)13-16-6-4-3-5-7-16/h3-12H,13-14H2,1-2H3,(H,23,24,25). The molecule has 0 saturated heterocycles. The van der Waals surface area contributed by atoms with E-state index in [1.54, 1.807) is 31.1 Å². The molecule has 0 aliphatic heterocycles. The van der Waals surface area contributed by atoms with Gasteiger partial charge >= 0.3 is 0 Å². The van der Waals surface area contributed by atoms with Gasteiger partial charge in [0.2, 0.25) is 5.91 Å². The summed E-state index contributed by atoms with van der Waals surface area (Å²) < 4.78 is 6.49. The number of nitrogens with one attached hydrogen (secondary N) is 1. The quantitative estimate of drug-likeness (QED) is 0.534. The van der Waals surface area contributed by atoms with Crippen LogP contribution in [0.3, 0.4) is 0 Å². The van der Waals surface area contributed by atoms with E-state index in [-0.39, 0.29) is 30.2 Å².